The van der Waals surface area contributed by atoms with Gasteiger partial charge >= 0.3 is 0 Å². The molecule has 0 aliphatic rings. The fraction of sp³-hybridized carbons (Fsp3) is 0.200. The van der Waals surface area contributed by atoms with Crippen molar-refractivity contribution in [1.29, 1.82) is 0 Å². The van der Waals surface area contributed by atoms with Gasteiger partial charge in [0.2, 0.25) is 0 Å². The van der Waals surface area contributed by atoms with Crippen molar-refractivity contribution in [3.8, 4) is 0 Å². The summed E-state index contributed by atoms with van der Waals surface area (Å²) in [6.07, 6.45) is 3.32. The minimum absolute atomic E-state index is 0.216. The van der Waals surface area contributed by atoms with E-state index in [1.54, 1.807) is 16.9 Å². The second kappa shape index (κ2) is 3.68. The first-order valence-electron chi connectivity index (χ1n) is 4.54. The predicted molar refractivity (Wildman–Crippen MR) is 55.4 cm³/mol. The third-order valence-corrected chi connectivity index (χ3v) is 2.03. The highest BCUT2D eigenvalue weighted by molar-refractivity contribution is 5.57. The fourth-order valence-electron chi connectivity index (χ4n) is 1.33. The number of anilines is 2. The number of halogens is 1. The van der Waals surface area contributed by atoms with Crippen molar-refractivity contribution in [2.24, 2.45) is 7.05 Å². The number of nitrogens with zero attached hydrogens (tertiary/aromatic N) is 3. The molecule has 0 aliphatic carbocycles. The highest BCUT2D eigenvalue weighted by Gasteiger charge is 2.06. The molecule has 0 saturated heterocycles. The van der Waals surface area contributed by atoms with Crippen molar-refractivity contribution in [3.05, 3.63) is 36.0 Å². The van der Waals surface area contributed by atoms with Crippen LogP contribution in [0.3, 0.4) is 0 Å². The van der Waals surface area contributed by atoms with Gasteiger partial charge in [0.25, 0.3) is 0 Å². The third-order valence-electron chi connectivity index (χ3n) is 2.03. The first-order chi connectivity index (χ1) is 7.16. The van der Waals surface area contributed by atoms with E-state index in [9.17, 15) is 4.39 Å². The van der Waals surface area contributed by atoms with Crippen molar-refractivity contribution in [3.63, 3.8) is 0 Å². The third kappa shape index (κ3) is 1.96. The minimum atomic E-state index is -0.374. The first-order valence-corrected chi connectivity index (χ1v) is 4.54. The van der Waals surface area contributed by atoms with Gasteiger partial charge in [-0.25, -0.2) is 9.37 Å². The Morgan fingerprint density at radius 2 is 2.27 bits per heavy atom. The molecule has 0 spiro atoms. The molecule has 0 aromatic carbocycles. The van der Waals surface area contributed by atoms with Crippen LogP contribution in [0.1, 0.15) is 5.69 Å². The smallest absolute Gasteiger partial charge is 0.166 e. The number of aromatic nitrogens is 3. The van der Waals surface area contributed by atoms with Gasteiger partial charge in [-0.1, -0.05) is 0 Å². The van der Waals surface area contributed by atoms with Crippen LogP contribution in [0.4, 0.5) is 15.9 Å². The summed E-state index contributed by atoms with van der Waals surface area (Å²) in [7, 11) is 1.81. The summed E-state index contributed by atoms with van der Waals surface area (Å²) in [5.41, 5.74) is 1.57. The van der Waals surface area contributed by atoms with Crippen LogP contribution in [0.25, 0.3) is 0 Å². The van der Waals surface area contributed by atoms with Crippen molar-refractivity contribution in [2.75, 3.05) is 5.32 Å². The van der Waals surface area contributed by atoms with Crippen LogP contribution in [0.2, 0.25) is 0 Å². The largest absolute Gasteiger partial charge is 0.335 e. The molecule has 0 atom stereocenters. The van der Waals surface area contributed by atoms with Gasteiger partial charge < -0.3 is 5.32 Å². The van der Waals surface area contributed by atoms with Crippen LogP contribution in [0.15, 0.2) is 24.5 Å². The summed E-state index contributed by atoms with van der Waals surface area (Å²) in [4.78, 5) is 3.90. The summed E-state index contributed by atoms with van der Waals surface area (Å²) < 4.78 is 14.9. The summed E-state index contributed by atoms with van der Waals surface area (Å²) in [6, 6.07) is 2.91. The van der Waals surface area contributed by atoms with Crippen LogP contribution in [-0.4, -0.2) is 14.8 Å². The summed E-state index contributed by atoms with van der Waals surface area (Å²) in [5.74, 6) is -0.158. The SMILES string of the molecule is Cc1nn(C)cc1Nc1ncccc1F. The summed E-state index contributed by atoms with van der Waals surface area (Å²) >= 11 is 0. The number of rotatable bonds is 2. The molecule has 0 saturated carbocycles. The van der Waals surface area contributed by atoms with Crippen LogP contribution < -0.4 is 5.32 Å². The molecule has 0 fully saturated rings. The zero-order valence-corrected chi connectivity index (χ0v) is 8.53. The highest BCUT2D eigenvalue weighted by Crippen LogP contribution is 2.19. The Balaban J connectivity index is 2.29. The molecule has 2 aromatic heterocycles. The quantitative estimate of drug-likeness (QED) is 0.817. The molecule has 0 unspecified atom stereocenters. The van der Waals surface area contributed by atoms with E-state index in [0.717, 1.165) is 11.4 Å². The lowest BCUT2D eigenvalue weighted by atomic mass is 10.4. The van der Waals surface area contributed by atoms with Gasteiger partial charge in [-0.05, 0) is 19.1 Å². The second-order valence-electron chi connectivity index (χ2n) is 3.26. The van der Waals surface area contributed by atoms with Gasteiger partial charge in [0.1, 0.15) is 0 Å². The van der Waals surface area contributed by atoms with Crippen LogP contribution in [-0.2, 0) is 7.05 Å². The molecule has 4 nitrogen and oxygen atoms in total. The molecule has 0 radical (unpaired) electrons. The zero-order chi connectivity index (χ0) is 10.8. The second-order valence-corrected chi connectivity index (χ2v) is 3.26. The number of pyridine rings is 1. The molecule has 2 heterocycles. The Morgan fingerprint density at radius 1 is 1.47 bits per heavy atom. The lowest BCUT2D eigenvalue weighted by Crippen LogP contribution is -1.96. The van der Waals surface area contributed by atoms with E-state index in [-0.39, 0.29) is 11.6 Å². The molecule has 78 valence electrons. The maximum atomic E-state index is 13.3. The molecule has 0 aliphatic heterocycles. The molecule has 5 heteroatoms. The molecular weight excluding hydrogens is 195 g/mol. The minimum Gasteiger partial charge on any atom is -0.335 e. The maximum Gasteiger partial charge on any atom is 0.166 e. The van der Waals surface area contributed by atoms with E-state index in [2.05, 4.69) is 15.4 Å². The standard InChI is InChI=1S/C10H11FN4/c1-7-9(6-15(2)14-7)13-10-8(11)4-3-5-12-10/h3-6H,1-2H3,(H,12,13). The highest BCUT2D eigenvalue weighted by atomic mass is 19.1. The fourth-order valence-corrected chi connectivity index (χ4v) is 1.33. The van der Waals surface area contributed by atoms with Gasteiger partial charge in [-0.3, -0.25) is 4.68 Å². The lowest BCUT2D eigenvalue weighted by Gasteiger charge is -2.03. The Bertz CT molecular complexity index is 478. The monoisotopic (exact) mass is 206 g/mol. The Hall–Kier alpha value is -1.91. The van der Waals surface area contributed by atoms with Crippen LogP contribution in [0, 0.1) is 12.7 Å². The number of hydrogen-bond acceptors (Lipinski definition) is 3. The summed E-state index contributed by atoms with van der Waals surface area (Å²) in [6.45, 7) is 1.85. The Morgan fingerprint density at radius 3 is 2.87 bits per heavy atom. The first kappa shape index (κ1) is 9.64. The average molecular weight is 206 g/mol. The van der Waals surface area contributed by atoms with Gasteiger partial charge in [0, 0.05) is 19.4 Å². The van der Waals surface area contributed by atoms with Crippen molar-refractivity contribution >= 4 is 11.5 Å². The van der Waals surface area contributed by atoms with E-state index in [0.29, 0.717) is 0 Å². The Labute approximate surface area is 86.8 Å². The molecular formula is C10H11FN4. The van der Waals surface area contributed by atoms with Crippen molar-refractivity contribution in [2.45, 2.75) is 6.92 Å². The van der Waals surface area contributed by atoms with E-state index < -0.39 is 0 Å². The van der Waals surface area contributed by atoms with Gasteiger partial charge in [-0.15, -0.1) is 0 Å². The van der Waals surface area contributed by atoms with Crippen LogP contribution in [0.5, 0.6) is 0 Å². The van der Waals surface area contributed by atoms with Gasteiger partial charge in [0.15, 0.2) is 11.6 Å². The van der Waals surface area contributed by atoms with E-state index in [1.165, 1.54) is 12.3 Å². The van der Waals surface area contributed by atoms with Crippen LogP contribution >= 0.6 is 0 Å². The van der Waals surface area contributed by atoms with E-state index >= 15 is 0 Å². The van der Waals surface area contributed by atoms with Crippen molar-refractivity contribution in [1.82, 2.24) is 14.8 Å². The number of aryl methyl sites for hydroxylation is 2. The van der Waals surface area contributed by atoms with E-state index in [4.69, 9.17) is 0 Å². The molecule has 2 rings (SSSR count). The number of nitrogens with one attached hydrogen (secondary N) is 1. The predicted octanol–water partition coefficient (Wildman–Crippen LogP) is 2.01. The van der Waals surface area contributed by atoms with Gasteiger partial charge in [-0.2, -0.15) is 5.10 Å². The number of hydrogen-bond donors (Lipinski definition) is 1. The van der Waals surface area contributed by atoms with Gasteiger partial charge in [0.05, 0.1) is 11.4 Å². The lowest BCUT2D eigenvalue weighted by molar-refractivity contribution is 0.626. The summed E-state index contributed by atoms with van der Waals surface area (Å²) in [5, 5.41) is 7.03. The zero-order valence-electron chi connectivity index (χ0n) is 8.53. The average Bonchev–Trinajstić information content (AvgIpc) is 2.49. The molecule has 0 bridgehead atoms. The van der Waals surface area contributed by atoms with E-state index in [1.807, 2.05) is 14.0 Å². The topological polar surface area (TPSA) is 42.7 Å². The Kier molecular flexibility index (Phi) is 2.37. The molecule has 15 heavy (non-hydrogen) atoms. The maximum absolute atomic E-state index is 13.3. The van der Waals surface area contributed by atoms with Crippen molar-refractivity contribution < 1.29 is 4.39 Å². The normalized spacial score (nSPS) is 10.3. The molecule has 2 aromatic rings. The molecule has 0 amide bonds. The molecule has 1 N–H and O–H groups in total.